The van der Waals surface area contributed by atoms with E-state index in [0.29, 0.717) is 6.42 Å². The number of benzene rings is 2. The van der Waals surface area contributed by atoms with E-state index in [0.717, 1.165) is 16.8 Å². The van der Waals surface area contributed by atoms with Gasteiger partial charge in [0, 0.05) is 18.5 Å². The van der Waals surface area contributed by atoms with Gasteiger partial charge in [0.05, 0.1) is 6.04 Å². The number of anilines is 1. The zero-order valence-electron chi connectivity index (χ0n) is 16.2. The third kappa shape index (κ3) is 7.23. The molecular weight excluding hydrogens is 356 g/mol. The molecule has 2 aromatic rings. The van der Waals surface area contributed by atoms with Crippen molar-refractivity contribution in [1.82, 2.24) is 5.32 Å². The molecule has 2 aromatic carbocycles. The summed E-state index contributed by atoms with van der Waals surface area (Å²) in [5.41, 5.74) is 2.71. The molecule has 0 aliphatic rings. The second-order valence-corrected chi connectivity index (χ2v) is 6.58. The molecule has 0 saturated carbocycles. The molecule has 0 aromatic heterocycles. The van der Waals surface area contributed by atoms with E-state index in [9.17, 15) is 14.4 Å². The molecule has 28 heavy (non-hydrogen) atoms. The Bertz CT molecular complexity index is 805. The van der Waals surface area contributed by atoms with Crippen LogP contribution in [0.3, 0.4) is 0 Å². The van der Waals surface area contributed by atoms with Crippen LogP contribution in [0.1, 0.15) is 43.4 Å². The van der Waals surface area contributed by atoms with Gasteiger partial charge in [0.2, 0.25) is 5.91 Å². The number of aryl methyl sites for hydroxylation is 1. The van der Waals surface area contributed by atoms with Crippen LogP contribution in [-0.2, 0) is 19.1 Å². The quantitative estimate of drug-likeness (QED) is 0.650. The summed E-state index contributed by atoms with van der Waals surface area (Å²) in [5.74, 6) is -1.01. The number of carbonyl (C=O) groups excluding carboxylic acids is 3. The van der Waals surface area contributed by atoms with Crippen molar-refractivity contribution in [3.63, 3.8) is 0 Å². The molecule has 6 nitrogen and oxygen atoms in total. The van der Waals surface area contributed by atoms with E-state index >= 15 is 0 Å². The summed E-state index contributed by atoms with van der Waals surface area (Å²) >= 11 is 0. The first-order chi connectivity index (χ1) is 13.5. The Morgan fingerprint density at radius 3 is 2.32 bits per heavy atom. The standard InChI is InChI=1S/C22H26N2O4/c1-16-9-6-7-12-19(16)24-20(25)13-8-14-22(27)28-15-21(26)23-17(2)18-10-4-3-5-11-18/h3-7,9-12,17H,8,13-15H2,1-2H3,(H,23,26)(H,24,25)/t17-/m1/s1. The lowest BCUT2D eigenvalue weighted by Gasteiger charge is -2.14. The Hall–Kier alpha value is -3.15. The largest absolute Gasteiger partial charge is 0.456 e. The maximum atomic E-state index is 11.9. The molecule has 148 valence electrons. The number of hydrogen-bond donors (Lipinski definition) is 2. The van der Waals surface area contributed by atoms with Crippen LogP contribution in [0.4, 0.5) is 5.69 Å². The molecule has 0 unspecified atom stereocenters. The van der Waals surface area contributed by atoms with E-state index in [1.165, 1.54) is 0 Å². The van der Waals surface area contributed by atoms with Crippen molar-refractivity contribution in [3.05, 3.63) is 65.7 Å². The maximum absolute atomic E-state index is 11.9. The second-order valence-electron chi connectivity index (χ2n) is 6.58. The Kier molecular flexibility index (Phi) is 8.21. The number of nitrogens with one attached hydrogen (secondary N) is 2. The van der Waals surface area contributed by atoms with Crippen molar-refractivity contribution >= 4 is 23.5 Å². The van der Waals surface area contributed by atoms with Crippen LogP contribution in [-0.4, -0.2) is 24.4 Å². The van der Waals surface area contributed by atoms with Gasteiger partial charge in [-0.25, -0.2) is 0 Å². The summed E-state index contributed by atoms with van der Waals surface area (Å²) in [6.45, 7) is 3.45. The number of hydrogen-bond acceptors (Lipinski definition) is 4. The van der Waals surface area contributed by atoms with Crippen molar-refractivity contribution in [2.45, 2.75) is 39.2 Å². The van der Waals surface area contributed by atoms with Crippen LogP contribution in [0.15, 0.2) is 54.6 Å². The number of rotatable bonds is 9. The number of para-hydroxylation sites is 1. The Balaban J connectivity index is 1.62. The number of carbonyl (C=O) groups is 3. The van der Waals surface area contributed by atoms with Crippen LogP contribution in [0.25, 0.3) is 0 Å². The Labute approximate surface area is 165 Å². The molecule has 0 aliphatic carbocycles. The predicted molar refractivity (Wildman–Crippen MR) is 108 cm³/mol. The van der Waals surface area contributed by atoms with Gasteiger partial charge in [0.15, 0.2) is 6.61 Å². The van der Waals surface area contributed by atoms with E-state index in [4.69, 9.17) is 4.74 Å². The topological polar surface area (TPSA) is 84.5 Å². The average molecular weight is 382 g/mol. The highest BCUT2D eigenvalue weighted by atomic mass is 16.5. The molecule has 0 radical (unpaired) electrons. The van der Waals surface area contributed by atoms with Crippen molar-refractivity contribution in [2.24, 2.45) is 0 Å². The Morgan fingerprint density at radius 2 is 1.61 bits per heavy atom. The summed E-state index contributed by atoms with van der Waals surface area (Å²) in [5, 5.41) is 5.59. The van der Waals surface area contributed by atoms with Crippen LogP contribution >= 0.6 is 0 Å². The number of ether oxygens (including phenoxy) is 1. The lowest BCUT2D eigenvalue weighted by molar-refractivity contribution is -0.148. The SMILES string of the molecule is Cc1ccccc1NC(=O)CCCC(=O)OCC(=O)N[C@H](C)c1ccccc1. The van der Waals surface area contributed by atoms with Gasteiger partial charge in [-0.05, 0) is 37.5 Å². The zero-order chi connectivity index (χ0) is 20.4. The minimum Gasteiger partial charge on any atom is -0.456 e. The van der Waals surface area contributed by atoms with Gasteiger partial charge in [-0.15, -0.1) is 0 Å². The Morgan fingerprint density at radius 1 is 0.929 bits per heavy atom. The van der Waals surface area contributed by atoms with Crippen LogP contribution in [0, 0.1) is 6.92 Å². The first-order valence-corrected chi connectivity index (χ1v) is 9.31. The molecule has 0 bridgehead atoms. The summed E-state index contributed by atoms with van der Waals surface area (Å²) in [6, 6.07) is 16.9. The van der Waals surface area contributed by atoms with Gasteiger partial charge in [0.1, 0.15) is 0 Å². The lowest BCUT2D eigenvalue weighted by atomic mass is 10.1. The van der Waals surface area contributed by atoms with E-state index in [1.54, 1.807) is 0 Å². The minimum absolute atomic E-state index is 0.0860. The predicted octanol–water partition coefficient (Wildman–Crippen LogP) is 3.52. The summed E-state index contributed by atoms with van der Waals surface area (Å²) in [4.78, 5) is 35.6. The maximum Gasteiger partial charge on any atom is 0.306 e. The smallest absolute Gasteiger partial charge is 0.306 e. The highest BCUT2D eigenvalue weighted by Gasteiger charge is 2.12. The molecule has 0 aliphatic heterocycles. The van der Waals surface area contributed by atoms with Crippen LogP contribution in [0.5, 0.6) is 0 Å². The fourth-order valence-corrected chi connectivity index (χ4v) is 2.65. The highest BCUT2D eigenvalue weighted by Crippen LogP contribution is 2.14. The monoisotopic (exact) mass is 382 g/mol. The van der Waals surface area contributed by atoms with Crippen molar-refractivity contribution in [2.75, 3.05) is 11.9 Å². The molecule has 1 atom stereocenters. The van der Waals surface area contributed by atoms with E-state index in [-0.39, 0.29) is 37.3 Å². The fourth-order valence-electron chi connectivity index (χ4n) is 2.65. The molecule has 2 N–H and O–H groups in total. The third-order valence-corrected chi connectivity index (χ3v) is 4.25. The lowest BCUT2D eigenvalue weighted by Crippen LogP contribution is -2.31. The van der Waals surface area contributed by atoms with Crippen molar-refractivity contribution in [1.29, 1.82) is 0 Å². The average Bonchev–Trinajstić information content (AvgIpc) is 2.69. The van der Waals surface area contributed by atoms with Gasteiger partial charge < -0.3 is 15.4 Å². The minimum atomic E-state index is -0.494. The normalized spacial score (nSPS) is 11.4. The number of amides is 2. The molecule has 2 amide bonds. The molecular formula is C22H26N2O4. The molecule has 0 spiro atoms. The van der Waals surface area contributed by atoms with Crippen molar-refractivity contribution in [3.8, 4) is 0 Å². The highest BCUT2D eigenvalue weighted by molar-refractivity contribution is 5.91. The molecule has 0 saturated heterocycles. The zero-order valence-corrected chi connectivity index (χ0v) is 16.2. The summed E-state index contributed by atoms with van der Waals surface area (Å²) in [6.07, 6.45) is 0.655. The van der Waals surface area contributed by atoms with Crippen LogP contribution in [0.2, 0.25) is 0 Å². The molecule has 6 heteroatoms. The second kappa shape index (κ2) is 10.9. The first kappa shape index (κ1) is 21.2. The van der Waals surface area contributed by atoms with Crippen LogP contribution < -0.4 is 10.6 Å². The van der Waals surface area contributed by atoms with E-state index in [2.05, 4.69) is 10.6 Å². The summed E-state index contributed by atoms with van der Waals surface area (Å²) in [7, 11) is 0. The third-order valence-electron chi connectivity index (χ3n) is 4.25. The van der Waals surface area contributed by atoms with E-state index < -0.39 is 5.97 Å². The number of esters is 1. The molecule has 2 rings (SSSR count). The van der Waals surface area contributed by atoms with Gasteiger partial charge in [-0.2, -0.15) is 0 Å². The molecule has 0 fully saturated rings. The fraction of sp³-hybridized carbons (Fsp3) is 0.318. The van der Waals surface area contributed by atoms with Gasteiger partial charge >= 0.3 is 5.97 Å². The summed E-state index contributed by atoms with van der Waals surface area (Å²) < 4.78 is 4.98. The van der Waals surface area contributed by atoms with Gasteiger partial charge in [0.25, 0.3) is 5.91 Å². The molecule has 0 heterocycles. The first-order valence-electron chi connectivity index (χ1n) is 9.31. The van der Waals surface area contributed by atoms with Crippen molar-refractivity contribution < 1.29 is 19.1 Å². The van der Waals surface area contributed by atoms with E-state index in [1.807, 2.05) is 68.4 Å². The van der Waals surface area contributed by atoms with Gasteiger partial charge in [-0.1, -0.05) is 48.5 Å². The van der Waals surface area contributed by atoms with Gasteiger partial charge in [-0.3, -0.25) is 14.4 Å².